The molecular weight excluding hydrogens is 344 g/mol. The highest BCUT2D eigenvalue weighted by Crippen LogP contribution is 2.33. The van der Waals surface area contributed by atoms with Crippen LogP contribution in [0.3, 0.4) is 0 Å². The van der Waals surface area contributed by atoms with E-state index in [9.17, 15) is 14.9 Å². The van der Waals surface area contributed by atoms with Gasteiger partial charge in [-0.1, -0.05) is 25.3 Å². The number of carbonyl (C=O) groups excluding carboxylic acids is 1. The highest BCUT2D eigenvalue weighted by atomic mass is 16.6. The first-order valence-corrected chi connectivity index (χ1v) is 9.22. The van der Waals surface area contributed by atoms with Gasteiger partial charge in [-0.15, -0.1) is 0 Å². The highest BCUT2D eigenvalue weighted by Gasteiger charge is 2.25. The zero-order valence-corrected chi connectivity index (χ0v) is 15.6. The molecule has 1 amide bonds. The van der Waals surface area contributed by atoms with Crippen LogP contribution in [-0.2, 0) is 0 Å². The molecule has 1 heterocycles. The van der Waals surface area contributed by atoms with Crippen molar-refractivity contribution in [3.63, 3.8) is 0 Å². The molecule has 1 aliphatic carbocycles. The smallest absolute Gasteiger partial charge is 0.293 e. The third kappa shape index (κ3) is 4.42. The van der Waals surface area contributed by atoms with Crippen molar-refractivity contribution in [2.24, 2.45) is 0 Å². The topological polar surface area (TPSA) is 88.4 Å². The number of rotatable bonds is 5. The van der Waals surface area contributed by atoms with E-state index in [1.165, 1.54) is 12.5 Å². The largest absolute Gasteiger partial charge is 0.366 e. The number of benzene rings is 1. The molecule has 0 spiro atoms. The molecule has 1 saturated carbocycles. The van der Waals surface area contributed by atoms with Gasteiger partial charge in [-0.3, -0.25) is 14.9 Å². The first kappa shape index (κ1) is 18.8. The fourth-order valence-electron chi connectivity index (χ4n) is 3.58. The molecule has 0 radical (unpaired) electrons. The van der Waals surface area contributed by atoms with Gasteiger partial charge in [0.2, 0.25) is 0 Å². The van der Waals surface area contributed by atoms with Crippen LogP contribution in [0.1, 0.15) is 48.2 Å². The first-order chi connectivity index (χ1) is 13.0. The molecule has 0 aliphatic heterocycles. The summed E-state index contributed by atoms with van der Waals surface area (Å²) in [5.41, 5.74) is 1.53. The number of nitrogens with one attached hydrogen (secondary N) is 1. The third-order valence-electron chi connectivity index (χ3n) is 5.07. The second-order valence-corrected chi connectivity index (χ2v) is 6.98. The number of nitro groups is 1. The lowest BCUT2D eigenvalue weighted by Gasteiger charge is -2.32. The number of nitrogens with zero attached hydrogens (tertiary/aromatic N) is 3. The lowest BCUT2D eigenvalue weighted by atomic mass is 9.94. The summed E-state index contributed by atoms with van der Waals surface area (Å²) in [6, 6.07) is 10.3. The second-order valence-electron chi connectivity index (χ2n) is 6.98. The van der Waals surface area contributed by atoms with Crippen molar-refractivity contribution in [2.75, 3.05) is 17.3 Å². The van der Waals surface area contributed by atoms with Gasteiger partial charge in [0.15, 0.2) is 0 Å². The molecule has 1 aromatic heterocycles. The fourth-order valence-corrected chi connectivity index (χ4v) is 3.58. The summed E-state index contributed by atoms with van der Waals surface area (Å²) in [5.74, 6) is 0.00845. The number of pyridine rings is 1. The summed E-state index contributed by atoms with van der Waals surface area (Å²) in [6.45, 7) is 1.83. The average Bonchev–Trinajstić information content (AvgIpc) is 2.67. The quantitative estimate of drug-likeness (QED) is 0.627. The highest BCUT2D eigenvalue weighted by molar-refractivity contribution is 6.04. The van der Waals surface area contributed by atoms with Gasteiger partial charge >= 0.3 is 0 Å². The Balaban J connectivity index is 1.84. The van der Waals surface area contributed by atoms with Crippen molar-refractivity contribution in [1.29, 1.82) is 0 Å². The SMILES string of the molecule is Cc1cccc(NC(=O)c2ccc(N(C)C3CCCCC3)c([N+](=O)[O-])c2)n1. The molecule has 1 N–H and O–H groups in total. The average molecular weight is 368 g/mol. The summed E-state index contributed by atoms with van der Waals surface area (Å²) in [5, 5.41) is 14.3. The Morgan fingerprint density at radius 1 is 1.22 bits per heavy atom. The minimum atomic E-state index is -0.420. The van der Waals surface area contributed by atoms with Crippen LogP contribution in [0.15, 0.2) is 36.4 Å². The third-order valence-corrected chi connectivity index (χ3v) is 5.07. The van der Waals surface area contributed by atoms with Crippen LogP contribution in [0.4, 0.5) is 17.2 Å². The van der Waals surface area contributed by atoms with E-state index < -0.39 is 10.8 Å². The number of amides is 1. The molecule has 7 nitrogen and oxygen atoms in total. The summed E-state index contributed by atoms with van der Waals surface area (Å²) in [7, 11) is 1.90. The van der Waals surface area contributed by atoms with Crippen molar-refractivity contribution in [2.45, 2.75) is 45.1 Å². The van der Waals surface area contributed by atoms with Gasteiger partial charge in [0.05, 0.1) is 4.92 Å². The summed E-state index contributed by atoms with van der Waals surface area (Å²) >= 11 is 0. The van der Waals surface area contributed by atoms with Crippen LogP contribution in [0.5, 0.6) is 0 Å². The van der Waals surface area contributed by atoms with Crippen LogP contribution in [-0.4, -0.2) is 28.9 Å². The molecule has 0 bridgehead atoms. The Morgan fingerprint density at radius 2 is 1.96 bits per heavy atom. The van der Waals surface area contributed by atoms with E-state index in [0.29, 0.717) is 17.5 Å². The Bertz CT molecular complexity index is 847. The van der Waals surface area contributed by atoms with Crippen LogP contribution in [0.25, 0.3) is 0 Å². The van der Waals surface area contributed by atoms with E-state index in [4.69, 9.17) is 0 Å². The van der Waals surface area contributed by atoms with Crippen molar-refractivity contribution < 1.29 is 9.72 Å². The van der Waals surface area contributed by atoms with E-state index in [2.05, 4.69) is 10.3 Å². The normalized spacial score (nSPS) is 14.6. The van der Waals surface area contributed by atoms with Gasteiger partial charge in [0, 0.05) is 30.4 Å². The van der Waals surface area contributed by atoms with E-state index in [1.807, 2.05) is 24.9 Å². The Kier molecular flexibility index (Phi) is 5.69. The maximum absolute atomic E-state index is 12.5. The molecular formula is C20H24N4O3. The predicted octanol–water partition coefficient (Wildman–Crippen LogP) is 4.32. The molecule has 3 rings (SSSR count). The summed E-state index contributed by atoms with van der Waals surface area (Å²) in [6.07, 6.45) is 5.59. The number of hydrogen-bond donors (Lipinski definition) is 1. The van der Waals surface area contributed by atoms with Gasteiger partial charge < -0.3 is 10.2 Å². The van der Waals surface area contributed by atoms with Crippen molar-refractivity contribution in [3.8, 4) is 0 Å². The lowest BCUT2D eigenvalue weighted by Crippen LogP contribution is -2.33. The van der Waals surface area contributed by atoms with Crippen LogP contribution in [0.2, 0.25) is 0 Å². The molecule has 0 saturated heterocycles. The predicted molar refractivity (Wildman–Crippen MR) is 105 cm³/mol. The first-order valence-electron chi connectivity index (χ1n) is 9.22. The number of aromatic nitrogens is 1. The fraction of sp³-hybridized carbons (Fsp3) is 0.400. The molecule has 7 heteroatoms. The maximum atomic E-state index is 12.5. The van der Waals surface area contributed by atoms with Crippen LogP contribution in [0, 0.1) is 17.0 Å². The van der Waals surface area contributed by atoms with Crippen molar-refractivity contribution in [3.05, 3.63) is 57.8 Å². The Labute approximate surface area is 158 Å². The number of anilines is 2. The molecule has 1 fully saturated rings. The maximum Gasteiger partial charge on any atom is 0.293 e. The Hall–Kier alpha value is -2.96. The summed E-state index contributed by atoms with van der Waals surface area (Å²) < 4.78 is 0. The minimum Gasteiger partial charge on any atom is -0.366 e. The van der Waals surface area contributed by atoms with E-state index in [-0.39, 0.29) is 11.3 Å². The van der Waals surface area contributed by atoms with E-state index >= 15 is 0 Å². The van der Waals surface area contributed by atoms with Crippen molar-refractivity contribution in [1.82, 2.24) is 4.98 Å². The molecule has 142 valence electrons. The molecule has 27 heavy (non-hydrogen) atoms. The monoisotopic (exact) mass is 368 g/mol. The number of aryl methyl sites for hydroxylation is 1. The molecule has 1 aliphatic rings. The summed E-state index contributed by atoms with van der Waals surface area (Å²) in [4.78, 5) is 29.9. The standard InChI is InChI=1S/C20H24N4O3/c1-14-7-6-10-19(21-14)22-20(25)15-11-12-17(18(13-15)24(26)27)23(2)16-8-4-3-5-9-16/h6-7,10-13,16H,3-5,8-9H2,1-2H3,(H,21,22,25). The zero-order valence-electron chi connectivity index (χ0n) is 15.6. The van der Waals surface area contributed by atoms with E-state index in [0.717, 1.165) is 31.4 Å². The minimum absolute atomic E-state index is 0.0482. The van der Waals surface area contributed by atoms with Crippen molar-refractivity contribution >= 4 is 23.1 Å². The number of nitro benzene ring substituents is 1. The lowest BCUT2D eigenvalue weighted by molar-refractivity contribution is -0.384. The van der Waals surface area contributed by atoms with Gasteiger partial charge in [0.25, 0.3) is 11.6 Å². The van der Waals surface area contributed by atoms with Gasteiger partial charge in [-0.25, -0.2) is 4.98 Å². The van der Waals surface area contributed by atoms with Gasteiger partial charge in [-0.2, -0.15) is 0 Å². The van der Waals surface area contributed by atoms with Crippen LogP contribution < -0.4 is 10.2 Å². The number of hydrogen-bond acceptors (Lipinski definition) is 5. The number of carbonyl (C=O) groups is 1. The Morgan fingerprint density at radius 3 is 2.63 bits per heavy atom. The van der Waals surface area contributed by atoms with E-state index in [1.54, 1.807) is 24.3 Å². The second kappa shape index (κ2) is 8.16. The van der Waals surface area contributed by atoms with Gasteiger partial charge in [0.1, 0.15) is 11.5 Å². The molecule has 0 unspecified atom stereocenters. The molecule has 1 aromatic carbocycles. The molecule has 0 atom stereocenters. The van der Waals surface area contributed by atoms with Crippen LogP contribution >= 0.6 is 0 Å². The van der Waals surface area contributed by atoms with Gasteiger partial charge in [-0.05, 0) is 44.0 Å². The molecule has 2 aromatic rings. The zero-order chi connectivity index (χ0) is 19.4.